The van der Waals surface area contributed by atoms with E-state index in [0.717, 1.165) is 9.79 Å². The molecule has 9 nitrogen and oxygen atoms in total. The van der Waals surface area contributed by atoms with E-state index in [-0.39, 0.29) is 6.61 Å². The van der Waals surface area contributed by atoms with Gasteiger partial charge in [-0.15, -0.1) is 28.2 Å². The second-order valence-electron chi connectivity index (χ2n) is 6.64. The number of hydrogen-bond acceptors (Lipinski definition) is 11. The first-order valence-corrected chi connectivity index (χ1v) is 12.6. The van der Waals surface area contributed by atoms with Gasteiger partial charge in [-0.1, -0.05) is 28.6 Å². The molecule has 0 saturated carbocycles. The van der Waals surface area contributed by atoms with Crippen LogP contribution in [-0.2, 0) is 9.47 Å². The fourth-order valence-electron chi connectivity index (χ4n) is 3.31. The second-order valence-corrected chi connectivity index (χ2v) is 9.94. The molecule has 5 atom stereocenters. The molecular formula is C18H20ClN5O4S3. The van der Waals surface area contributed by atoms with E-state index in [1.165, 1.54) is 23.1 Å². The molecule has 3 aromatic heterocycles. The van der Waals surface area contributed by atoms with Gasteiger partial charge >= 0.3 is 0 Å². The van der Waals surface area contributed by atoms with E-state index in [2.05, 4.69) is 20.3 Å². The van der Waals surface area contributed by atoms with Crippen LogP contribution < -0.4 is 0 Å². The fourth-order valence-corrected chi connectivity index (χ4v) is 5.88. The van der Waals surface area contributed by atoms with Gasteiger partial charge in [0.05, 0.1) is 12.8 Å². The van der Waals surface area contributed by atoms with Crippen LogP contribution in [0.4, 0.5) is 0 Å². The average Bonchev–Trinajstić information content (AvgIpc) is 3.43. The maximum absolute atomic E-state index is 10.9. The number of hydrogen-bond donors (Lipinski definition) is 2. The molecule has 0 bridgehead atoms. The normalized spacial score (nSPS) is 26.3. The molecule has 166 valence electrons. The largest absolute Gasteiger partial charge is 0.394 e. The smallest absolute Gasteiger partial charge is 0.147 e. The molecule has 3 aromatic rings. The van der Waals surface area contributed by atoms with Crippen molar-refractivity contribution in [2.75, 3.05) is 20.0 Å². The lowest BCUT2D eigenvalue weighted by Crippen LogP contribution is -2.55. The van der Waals surface area contributed by atoms with Crippen LogP contribution in [0.2, 0.25) is 5.15 Å². The van der Waals surface area contributed by atoms with E-state index >= 15 is 0 Å². The zero-order valence-corrected chi connectivity index (χ0v) is 19.7. The predicted octanol–water partition coefficient (Wildman–Crippen LogP) is 2.60. The van der Waals surface area contributed by atoms with E-state index in [1.807, 2.05) is 12.3 Å². The van der Waals surface area contributed by atoms with E-state index in [9.17, 15) is 10.2 Å². The second kappa shape index (κ2) is 10.1. The lowest BCUT2D eigenvalue weighted by molar-refractivity contribution is -0.186. The number of aliphatic hydroxyl groups is 2. The highest BCUT2D eigenvalue weighted by atomic mass is 35.5. The quantitative estimate of drug-likeness (QED) is 0.468. The Balaban J connectivity index is 1.64. The van der Waals surface area contributed by atoms with Crippen LogP contribution in [0.3, 0.4) is 0 Å². The van der Waals surface area contributed by atoms with Gasteiger partial charge < -0.3 is 19.7 Å². The Hall–Kier alpha value is -1.25. The monoisotopic (exact) mass is 501 g/mol. The summed E-state index contributed by atoms with van der Waals surface area (Å²) in [5, 5.41) is 31.8. The molecular weight excluding hydrogens is 482 g/mol. The van der Waals surface area contributed by atoms with Crippen molar-refractivity contribution in [3.63, 3.8) is 0 Å². The zero-order chi connectivity index (χ0) is 22.0. The number of ether oxygens (including phenoxy) is 2. The summed E-state index contributed by atoms with van der Waals surface area (Å²) in [6.07, 6.45) is 4.75. The number of thioether (sulfide) groups is 2. The van der Waals surface area contributed by atoms with Crippen molar-refractivity contribution in [3.05, 3.63) is 35.2 Å². The third-order valence-corrected chi connectivity index (χ3v) is 7.77. The Morgan fingerprint density at radius 1 is 1.35 bits per heavy atom. The minimum Gasteiger partial charge on any atom is -0.394 e. The number of thiazole rings is 1. The standard InChI is InChI=1S/C18H20ClN5O4S3/c1-27-16-14(24-6-11(22-23-24)17-21-13(19)8-30-17)15(26)12(7-25)28-18(16)31-10-3-9(29-2)4-20-5-10/h3-6,8,12,14-16,18,25-26H,7H2,1-2H3/t12?,14?,15-,16?,18+/m0/s1. The zero-order valence-electron chi connectivity index (χ0n) is 16.5. The van der Waals surface area contributed by atoms with Crippen LogP contribution >= 0.6 is 46.5 Å². The summed E-state index contributed by atoms with van der Waals surface area (Å²) in [6, 6.07) is 1.37. The molecule has 1 saturated heterocycles. The van der Waals surface area contributed by atoms with Gasteiger partial charge in [-0.05, 0) is 12.3 Å². The molecule has 13 heteroatoms. The molecule has 0 amide bonds. The highest BCUT2D eigenvalue weighted by Gasteiger charge is 2.47. The first-order valence-electron chi connectivity index (χ1n) is 9.20. The van der Waals surface area contributed by atoms with Gasteiger partial charge in [-0.25, -0.2) is 9.67 Å². The molecule has 1 fully saturated rings. The Morgan fingerprint density at radius 2 is 2.16 bits per heavy atom. The lowest BCUT2D eigenvalue weighted by atomic mass is 9.97. The Labute approximate surface area is 196 Å². The number of halogens is 1. The van der Waals surface area contributed by atoms with E-state index in [4.69, 9.17) is 21.1 Å². The topological polar surface area (TPSA) is 115 Å². The van der Waals surface area contributed by atoms with Crippen molar-refractivity contribution < 1.29 is 19.7 Å². The molecule has 31 heavy (non-hydrogen) atoms. The summed E-state index contributed by atoms with van der Waals surface area (Å²) < 4.78 is 13.3. The maximum atomic E-state index is 10.9. The van der Waals surface area contributed by atoms with Gasteiger partial charge in [-0.3, -0.25) is 4.98 Å². The third-order valence-electron chi connectivity index (χ3n) is 4.78. The van der Waals surface area contributed by atoms with Crippen LogP contribution in [0.25, 0.3) is 10.7 Å². The molecule has 2 N–H and O–H groups in total. The highest BCUT2D eigenvalue weighted by Crippen LogP contribution is 2.40. The van der Waals surface area contributed by atoms with Crippen LogP contribution in [0.1, 0.15) is 6.04 Å². The predicted molar refractivity (Wildman–Crippen MR) is 120 cm³/mol. The van der Waals surface area contributed by atoms with Crippen molar-refractivity contribution in [3.8, 4) is 10.7 Å². The number of aliphatic hydroxyl groups excluding tert-OH is 2. The first-order chi connectivity index (χ1) is 15.0. The van der Waals surface area contributed by atoms with Gasteiger partial charge in [0.15, 0.2) is 0 Å². The maximum Gasteiger partial charge on any atom is 0.147 e. The molecule has 1 aliphatic heterocycles. The van der Waals surface area contributed by atoms with Gasteiger partial charge in [0.25, 0.3) is 0 Å². The number of methoxy groups -OCH3 is 1. The van der Waals surface area contributed by atoms with E-state index in [1.54, 1.807) is 47.5 Å². The van der Waals surface area contributed by atoms with Crippen LogP contribution in [0.5, 0.6) is 0 Å². The molecule has 0 radical (unpaired) electrons. The van der Waals surface area contributed by atoms with Crippen molar-refractivity contribution in [2.45, 2.75) is 39.6 Å². The number of nitrogens with zero attached hydrogens (tertiary/aromatic N) is 5. The van der Waals surface area contributed by atoms with Gasteiger partial charge in [0, 0.05) is 34.7 Å². The summed E-state index contributed by atoms with van der Waals surface area (Å²) in [4.78, 5) is 10.4. The SMILES string of the molecule is COC1C(n2cc(-c3nc(Cl)cs3)nn2)[C@@H](O)C(CO)O[C@@H]1Sc1cncc(SC)c1. The number of rotatable bonds is 7. The van der Waals surface area contributed by atoms with Crippen molar-refractivity contribution in [1.29, 1.82) is 0 Å². The number of aromatic nitrogens is 5. The number of pyridine rings is 1. The minimum atomic E-state index is -1.06. The lowest BCUT2D eigenvalue weighted by Gasteiger charge is -2.43. The molecule has 0 aliphatic carbocycles. The van der Waals surface area contributed by atoms with E-state index < -0.39 is 29.8 Å². The summed E-state index contributed by atoms with van der Waals surface area (Å²) in [6.45, 7) is -0.349. The molecule has 1 aliphatic rings. The summed E-state index contributed by atoms with van der Waals surface area (Å²) >= 11 is 10.3. The summed E-state index contributed by atoms with van der Waals surface area (Å²) in [5.41, 5.74) is 0.0171. The molecule has 3 unspecified atom stereocenters. The molecule has 4 rings (SSSR count). The van der Waals surface area contributed by atoms with Gasteiger partial charge in [-0.2, -0.15) is 0 Å². The molecule has 0 aromatic carbocycles. The minimum absolute atomic E-state index is 0.349. The third kappa shape index (κ3) is 4.91. The fraction of sp³-hybridized carbons (Fsp3) is 0.444. The Bertz CT molecular complexity index is 1020. The summed E-state index contributed by atoms with van der Waals surface area (Å²) in [7, 11) is 1.55. The average molecular weight is 502 g/mol. The molecule has 4 heterocycles. The van der Waals surface area contributed by atoms with Crippen molar-refractivity contribution in [1.82, 2.24) is 25.0 Å². The van der Waals surface area contributed by atoms with Crippen molar-refractivity contribution >= 4 is 46.5 Å². The van der Waals surface area contributed by atoms with E-state index in [0.29, 0.717) is 15.9 Å². The molecule has 0 spiro atoms. The Morgan fingerprint density at radius 3 is 2.84 bits per heavy atom. The first kappa shape index (κ1) is 22.9. The Kier molecular flexibility index (Phi) is 7.49. The van der Waals surface area contributed by atoms with Crippen LogP contribution in [-0.4, -0.2) is 78.9 Å². The van der Waals surface area contributed by atoms with Gasteiger partial charge in [0.1, 0.15) is 45.6 Å². The summed E-state index contributed by atoms with van der Waals surface area (Å²) in [5.74, 6) is 0. The van der Waals surface area contributed by atoms with Gasteiger partial charge in [0.2, 0.25) is 0 Å². The van der Waals surface area contributed by atoms with Crippen molar-refractivity contribution in [2.24, 2.45) is 0 Å². The van der Waals surface area contributed by atoms with Crippen LogP contribution in [0.15, 0.2) is 39.8 Å². The van der Waals surface area contributed by atoms with Crippen LogP contribution in [0, 0.1) is 0 Å². The highest BCUT2D eigenvalue weighted by molar-refractivity contribution is 8.00.